The van der Waals surface area contributed by atoms with Crippen molar-refractivity contribution in [3.63, 3.8) is 0 Å². The number of primary amides is 1. The molecule has 5 heteroatoms. The van der Waals surface area contributed by atoms with E-state index in [-0.39, 0.29) is 34.6 Å². The third-order valence-corrected chi connectivity index (χ3v) is 9.49. The first-order chi connectivity index (χ1) is 13.6. The largest absolute Gasteiger partial charge is 0.393 e. The third-order valence-electron chi connectivity index (χ3n) is 9.49. The second-order valence-electron chi connectivity index (χ2n) is 10.7. The molecule has 0 saturated heterocycles. The topological polar surface area (TPSA) is 104 Å². The van der Waals surface area contributed by atoms with E-state index in [0.29, 0.717) is 17.8 Å². The van der Waals surface area contributed by atoms with Crippen molar-refractivity contribution >= 4 is 11.7 Å². The number of fused-ring (bicyclic) bond motifs is 5. The van der Waals surface area contributed by atoms with Gasteiger partial charge in [-0.05, 0) is 86.4 Å². The van der Waals surface area contributed by atoms with Crippen molar-refractivity contribution in [2.75, 3.05) is 0 Å². The van der Waals surface area contributed by atoms with Crippen LogP contribution in [0.15, 0.2) is 11.6 Å². The van der Waals surface area contributed by atoms with Crippen LogP contribution >= 0.6 is 0 Å². The summed E-state index contributed by atoms with van der Waals surface area (Å²) in [4.78, 5) is 24.7. The van der Waals surface area contributed by atoms with Crippen molar-refractivity contribution in [1.29, 1.82) is 5.26 Å². The highest BCUT2D eigenvalue weighted by Gasteiger charge is 2.63. The van der Waals surface area contributed by atoms with E-state index in [1.807, 2.05) is 0 Å². The second-order valence-corrected chi connectivity index (χ2v) is 10.7. The Hall–Kier alpha value is -1.67. The van der Waals surface area contributed by atoms with Gasteiger partial charge in [-0.15, -0.1) is 0 Å². The zero-order valence-electron chi connectivity index (χ0n) is 17.9. The number of allylic oxidation sites excluding steroid dienone is 1. The Bertz CT molecular complexity index is 798. The molecule has 0 heterocycles. The number of carbonyl (C=O) groups is 2. The van der Waals surface area contributed by atoms with E-state index in [9.17, 15) is 20.0 Å². The number of nitrogens with zero attached hydrogens (tertiary/aromatic N) is 1. The lowest BCUT2D eigenvalue weighted by atomic mass is 9.47. The summed E-state index contributed by atoms with van der Waals surface area (Å²) in [6.07, 6.45) is 8.57. The number of amides is 1. The zero-order chi connectivity index (χ0) is 21.1. The molecule has 0 aliphatic heterocycles. The Kier molecular flexibility index (Phi) is 4.93. The van der Waals surface area contributed by atoms with Gasteiger partial charge in [-0.25, -0.2) is 0 Å². The van der Waals surface area contributed by atoms with E-state index in [2.05, 4.69) is 26.0 Å². The van der Waals surface area contributed by atoms with Crippen LogP contribution in [-0.2, 0) is 9.59 Å². The number of hydrogen-bond donors (Lipinski definition) is 2. The number of carbonyl (C=O) groups excluding carboxylic acids is 2. The molecular weight excluding hydrogens is 364 g/mol. The van der Waals surface area contributed by atoms with E-state index < -0.39 is 11.8 Å². The standard InChI is InChI=1S/C24H34N2O3/c1-13(27)21-17(18(12-25)22(26)29)11-20-16-5-4-14-10-15(28)6-8-23(14,2)19(16)7-9-24(20,21)3/h4,15-21,28H,5-11H2,1-3H3,(H2,26,29)/t15-,16-,17-,18+,19+,20-,21-,23-,24-/m0/s1. The molecule has 0 radical (unpaired) electrons. The smallest absolute Gasteiger partial charge is 0.235 e. The van der Waals surface area contributed by atoms with Gasteiger partial charge in [-0.1, -0.05) is 25.5 Å². The van der Waals surface area contributed by atoms with E-state index >= 15 is 0 Å². The number of nitriles is 1. The number of nitrogens with two attached hydrogens (primary N) is 1. The average Bonchev–Trinajstić information content (AvgIpc) is 2.95. The summed E-state index contributed by atoms with van der Waals surface area (Å²) in [6, 6.07) is 2.12. The zero-order valence-corrected chi connectivity index (χ0v) is 17.9. The van der Waals surface area contributed by atoms with E-state index in [4.69, 9.17) is 5.73 Å². The van der Waals surface area contributed by atoms with E-state index in [1.165, 1.54) is 5.57 Å². The summed E-state index contributed by atoms with van der Waals surface area (Å²) in [5, 5.41) is 19.8. The Morgan fingerprint density at radius 3 is 2.62 bits per heavy atom. The first-order valence-electron chi connectivity index (χ1n) is 11.2. The normalized spacial score (nSPS) is 47.1. The van der Waals surface area contributed by atoms with Gasteiger partial charge in [0.2, 0.25) is 5.91 Å². The number of hydrogen-bond acceptors (Lipinski definition) is 4. The molecule has 29 heavy (non-hydrogen) atoms. The molecule has 0 bridgehead atoms. The van der Waals surface area contributed by atoms with Gasteiger partial charge >= 0.3 is 0 Å². The molecule has 3 saturated carbocycles. The van der Waals surface area contributed by atoms with E-state index in [1.54, 1.807) is 6.92 Å². The summed E-state index contributed by atoms with van der Waals surface area (Å²) in [6.45, 7) is 6.22. The molecule has 5 nitrogen and oxygen atoms in total. The van der Waals surface area contributed by atoms with Crippen molar-refractivity contribution in [3.05, 3.63) is 11.6 Å². The maximum Gasteiger partial charge on any atom is 0.235 e. The SMILES string of the molecule is CC(=O)[C@H]1[C@H]([C@@H](C#N)C(N)=O)C[C@H]2[C@H]3CC=C4C[C@@H](O)CC[C@]4(C)[C@@H]3CC[C@@]21C. The van der Waals surface area contributed by atoms with Gasteiger partial charge in [-0.3, -0.25) is 9.59 Å². The fraction of sp³-hybridized carbons (Fsp3) is 0.792. The molecule has 0 aromatic heterocycles. The third kappa shape index (κ3) is 2.90. The van der Waals surface area contributed by atoms with Gasteiger partial charge in [-0.2, -0.15) is 5.26 Å². The molecular formula is C24H34N2O3. The van der Waals surface area contributed by atoms with E-state index in [0.717, 1.165) is 44.9 Å². The van der Waals surface area contributed by atoms with Crippen LogP contribution in [0, 0.1) is 57.7 Å². The summed E-state index contributed by atoms with van der Waals surface area (Å²) in [5.41, 5.74) is 6.95. The van der Waals surface area contributed by atoms with Crippen LogP contribution in [0.2, 0.25) is 0 Å². The summed E-state index contributed by atoms with van der Waals surface area (Å²) in [7, 11) is 0. The first kappa shape index (κ1) is 20.6. The van der Waals surface area contributed by atoms with Gasteiger partial charge < -0.3 is 10.8 Å². The van der Waals surface area contributed by atoms with Crippen LogP contribution < -0.4 is 5.73 Å². The lowest BCUT2D eigenvalue weighted by Gasteiger charge is -2.57. The molecule has 3 fully saturated rings. The number of Topliss-reactive ketones (excluding diaryl/α,β-unsaturated/α-hetero) is 1. The summed E-state index contributed by atoms with van der Waals surface area (Å²) < 4.78 is 0. The highest BCUT2D eigenvalue weighted by atomic mass is 16.3. The molecule has 0 unspecified atom stereocenters. The minimum Gasteiger partial charge on any atom is -0.393 e. The van der Waals surface area contributed by atoms with Gasteiger partial charge in [0.05, 0.1) is 12.2 Å². The van der Waals surface area contributed by atoms with Gasteiger partial charge in [0.25, 0.3) is 0 Å². The molecule has 3 N–H and O–H groups in total. The van der Waals surface area contributed by atoms with Crippen LogP contribution in [0.5, 0.6) is 0 Å². The maximum absolute atomic E-state index is 12.7. The molecule has 4 rings (SSSR count). The van der Waals surface area contributed by atoms with Gasteiger partial charge in [0.1, 0.15) is 11.7 Å². The molecule has 0 spiro atoms. The van der Waals surface area contributed by atoms with Crippen LogP contribution in [-0.4, -0.2) is 22.9 Å². The Morgan fingerprint density at radius 1 is 1.28 bits per heavy atom. The minimum absolute atomic E-state index is 0.0963. The highest BCUT2D eigenvalue weighted by molar-refractivity contribution is 5.84. The molecule has 0 aromatic carbocycles. The van der Waals surface area contributed by atoms with Crippen molar-refractivity contribution in [2.24, 2.45) is 52.1 Å². The van der Waals surface area contributed by atoms with Crippen LogP contribution in [0.25, 0.3) is 0 Å². The molecule has 4 aliphatic rings. The Labute approximate surface area is 173 Å². The predicted octanol–water partition coefficient (Wildman–Crippen LogP) is 3.37. The molecule has 4 aliphatic carbocycles. The van der Waals surface area contributed by atoms with Gasteiger partial charge in [0.15, 0.2) is 0 Å². The molecule has 1 amide bonds. The van der Waals surface area contributed by atoms with Crippen LogP contribution in [0.4, 0.5) is 0 Å². The van der Waals surface area contributed by atoms with Crippen molar-refractivity contribution in [1.82, 2.24) is 0 Å². The quantitative estimate of drug-likeness (QED) is 0.711. The van der Waals surface area contributed by atoms with Crippen molar-refractivity contribution in [3.8, 4) is 6.07 Å². The minimum atomic E-state index is -0.889. The van der Waals surface area contributed by atoms with Crippen LogP contribution in [0.3, 0.4) is 0 Å². The first-order valence-corrected chi connectivity index (χ1v) is 11.2. The summed E-state index contributed by atoms with van der Waals surface area (Å²) in [5.74, 6) is -0.574. The van der Waals surface area contributed by atoms with Gasteiger partial charge in [0, 0.05) is 5.92 Å². The number of aliphatic hydroxyl groups is 1. The maximum atomic E-state index is 12.7. The predicted molar refractivity (Wildman–Crippen MR) is 109 cm³/mol. The highest BCUT2D eigenvalue weighted by Crippen LogP contribution is 2.68. The average molecular weight is 399 g/mol. The Balaban J connectivity index is 1.71. The summed E-state index contributed by atoms with van der Waals surface area (Å²) >= 11 is 0. The van der Waals surface area contributed by atoms with Crippen molar-refractivity contribution < 1.29 is 14.7 Å². The number of ketones is 1. The number of rotatable bonds is 3. The number of aliphatic hydroxyl groups excluding tert-OH is 1. The van der Waals surface area contributed by atoms with Crippen LogP contribution in [0.1, 0.15) is 65.7 Å². The monoisotopic (exact) mass is 398 g/mol. The molecule has 9 atom stereocenters. The lowest BCUT2D eigenvalue weighted by molar-refractivity contribution is -0.130. The molecule has 0 aromatic rings. The second kappa shape index (κ2) is 6.94. The Morgan fingerprint density at radius 2 is 2.00 bits per heavy atom. The lowest BCUT2D eigenvalue weighted by Crippen LogP contribution is -2.51. The fourth-order valence-corrected chi connectivity index (χ4v) is 8.20. The fourth-order valence-electron chi connectivity index (χ4n) is 8.20. The van der Waals surface area contributed by atoms with Crippen molar-refractivity contribution in [2.45, 2.75) is 71.8 Å². The molecule has 158 valence electrons.